The van der Waals surface area contributed by atoms with Crippen LogP contribution >= 0.6 is 0 Å². The van der Waals surface area contributed by atoms with Gasteiger partial charge in [-0.1, -0.05) is 23.4 Å². The van der Waals surface area contributed by atoms with Crippen LogP contribution in [0.5, 0.6) is 5.75 Å². The predicted octanol–water partition coefficient (Wildman–Crippen LogP) is 2.95. The molecule has 5 nitrogen and oxygen atoms in total. The first kappa shape index (κ1) is 14.9. The second-order valence-electron chi connectivity index (χ2n) is 4.92. The van der Waals surface area contributed by atoms with E-state index in [1.807, 2.05) is 12.1 Å². The Balaban J connectivity index is 2.03. The van der Waals surface area contributed by atoms with Gasteiger partial charge in [-0.3, -0.25) is 4.79 Å². The van der Waals surface area contributed by atoms with Crippen molar-refractivity contribution in [1.82, 2.24) is 15.0 Å². The number of rotatable bonds is 5. The Bertz CT molecular complexity index is 828. The van der Waals surface area contributed by atoms with E-state index in [1.54, 1.807) is 37.4 Å². The van der Waals surface area contributed by atoms with Crippen molar-refractivity contribution in [2.45, 2.75) is 6.54 Å². The molecule has 3 aromatic rings. The second-order valence-corrected chi connectivity index (χ2v) is 4.92. The lowest BCUT2D eigenvalue weighted by Crippen LogP contribution is -2.06. The number of aromatic nitrogens is 3. The second kappa shape index (κ2) is 6.39. The van der Waals surface area contributed by atoms with Crippen molar-refractivity contribution in [3.05, 3.63) is 65.6 Å². The summed E-state index contributed by atoms with van der Waals surface area (Å²) in [5.41, 5.74) is 2.00. The summed E-state index contributed by atoms with van der Waals surface area (Å²) < 4.78 is 20.5. The third-order valence-electron chi connectivity index (χ3n) is 3.51. The van der Waals surface area contributed by atoms with Gasteiger partial charge in [-0.15, -0.1) is 5.10 Å². The Hall–Kier alpha value is -3.02. The lowest BCUT2D eigenvalue weighted by molar-refractivity contribution is 0.111. The molecule has 0 atom stereocenters. The third kappa shape index (κ3) is 2.96. The summed E-state index contributed by atoms with van der Waals surface area (Å²) in [4.78, 5) is 11.2. The van der Waals surface area contributed by atoms with E-state index in [9.17, 15) is 9.18 Å². The molecule has 1 heterocycles. The van der Waals surface area contributed by atoms with Gasteiger partial charge in [0.1, 0.15) is 11.6 Å². The standard InChI is InChI=1S/C17H14FN3O2/c1-23-14-8-6-12(7-9-14)17-16(11-22)19-20-21(17)10-13-4-2-3-5-15(13)18/h2-9,11H,10H2,1H3. The van der Waals surface area contributed by atoms with E-state index < -0.39 is 0 Å². The highest BCUT2D eigenvalue weighted by Gasteiger charge is 2.16. The number of carbonyl (C=O) groups is 1. The van der Waals surface area contributed by atoms with Gasteiger partial charge in [-0.05, 0) is 30.3 Å². The maximum absolute atomic E-state index is 13.8. The zero-order valence-corrected chi connectivity index (χ0v) is 12.4. The summed E-state index contributed by atoms with van der Waals surface area (Å²) in [5.74, 6) is 0.380. The Morgan fingerprint density at radius 3 is 2.57 bits per heavy atom. The van der Waals surface area contributed by atoms with Crippen LogP contribution in [0.1, 0.15) is 16.1 Å². The molecule has 0 N–H and O–H groups in total. The Morgan fingerprint density at radius 2 is 1.91 bits per heavy atom. The molecule has 0 unspecified atom stereocenters. The minimum Gasteiger partial charge on any atom is -0.497 e. The average molecular weight is 311 g/mol. The van der Waals surface area contributed by atoms with Crippen molar-refractivity contribution in [3.8, 4) is 17.0 Å². The first-order chi connectivity index (χ1) is 11.2. The molecule has 0 saturated heterocycles. The van der Waals surface area contributed by atoms with Crippen LogP contribution in [0.2, 0.25) is 0 Å². The summed E-state index contributed by atoms with van der Waals surface area (Å²) in [5, 5.41) is 7.85. The molecule has 3 rings (SSSR count). The number of hydrogen-bond donors (Lipinski definition) is 0. The number of benzene rings is 2. The predicted molar refractivity (Wildman–Crippen MR) is 82.9 cm³/mol. The van der Waals surface area contributed by atoms with Crippen LogP contribution in [0.4, 0.5) is 4.39 Å². The van der Waals surface area contributed by atoms with E-state index in [2.05, 4.69) is 10.3 Å². The highest BCUT2D eigenvalue weighted by atomic mass is 19.1. The Morgan fingerprint density at radius 1 is 1.17 bits per heavy atom. The largest absolute Gasteiger partial charge is 0.497 e. The van der Waals surface area contributed by atoms with Crippen LogP contribution in [0.15, 0.2) is 48.5 Å². The van der Waals surface area contributed by atoms with Crippen molar-refractivity contribution < 1.29 is 13.9 Å². The van der Waals surface area contributed by atoms with Gasteiger partial charge in [0.15, 0.2) is 12.0 Å². The number of hydrogen-bond acceptors (Lipinski definition) is 4. The first-order valence-corrected chi connectivity index (χ1v) is 6.99. The molecule has 0 spiro atoms. The molecular weight excluding hydrogens is 297 g/mol. The average Bonchev–Trinajstić information content (AvgIpc) is 3.00. The fourth-order valence-corrected chi connectivity index (χ4v) is 2.35. The summed E-state index contributed by atoms with van der Waals surface area (Å²) >= 11 is 0. The van der Waals surface area contributed by atoms with Crippen molar-refractivity contribution in [2.75, 3.05) is 7.11 Å². The Labute approximate surface area is 132 Å². The van der Waals surface area contributed by atoms with Gasteiger partial charge in [0.2, 0.25) is 0 Å². The molecule has 0 aliphatic heterocycles. The van der Waals surface area contributed by atoms with Gasteiger partial charge in [-0.2, -0.15) is 0 Å². The number of ether oxygens (including phenoxy) is 1. The van der Waals surface area contributed by atoms with E-state index in [1.165, 1.54) is 10.7 Å². The molecule has 1 aromatic heterocycles. The smallest absolute Gasteiger partial charge is 0.172 e. The fraction of sp³-hybridized carbons (Fsp3) is 0.118. The molecule has 6 heteroatoms. The number of nitrogens with zero attached hydrogens (tertiary/aromatic N) is 3. The summed E-state index contributed by atoms with van der Waals surface area (Å²) in [6, 6.07) is 13.6. The van der Waals surface area contributed by atoms with E-state index in [0.29, 0.717) is 23.3 Å². The number of methoxy groups -OCH3 is 1. The molecule has 0 aliphatic carbocycles. The van der Waals surface area contributed by atoms with Crippen molar-refractivity contribution >= 4 is 6.29 Å². The molecule has 2 aromatic carbocycles. The summed E-state index contributed by atoms with van der Waals surface area (Å²) in [7, 11) is 1.58. The van der Waals surface area contributed by atoms with Crippen LogP contribution in [0.25, 0.3) is 11.3 Å². The van der Waals surface area contributed by atoms with Crippen molar-refractivity contribution in [3.63, 3.8) is 0 Å². The lowest BCUT2D eigenvalue weighted by atomic mass is 10.1. The highest BCUT2D eigenvalue weighted by molar-refractivity contribution is 5.83. The lowest BCUT2D eigenvalue weighted by Gasteiger charge is -2.08. The van der Waals surface area contributed by atoms with Gasteiger partial charge in [0.05, 0.1) is 19.3 Å². The van der Waals surface area contributed by atoms with Crippen LogP contribution in [0, 0.1) is 5.82 Å². The van der Waals surface area contributed by atoms with E-state index in [0.717, 1.165) is 5.56 Å². The number of carbonyl (C=O) groups excluding carboxylic acids is 1. The maximum Gasteiger partial charge on any atom is 0.172 e. The van der Waals surface area contributed by atoms with Crippen LogP contribution in [-0.2, 0) is 6.54 Å². The summed E-state index contributed by atoms with van der Waals surface area (Å²) in [6.45, 7) is 0.189. The minimum absolute atomic E-state index is 0.189. The molecular formula is C17H14FN3O2. The van der Waals surface area contributed by atoms with Gasteiger partial charge in [-0.25, -0.2) is 9.07 Å². The zero-order chi connectivity index (χ0) is 16.2. The summed E-state index contributed by atoms with van der Waals surface area (Å²) in [6.07, 6.45) is 0.643. The molecule has 0 radical (unpaired) electrons. The molecule has 0 bridgehead atoms. The number of aldehydes is 1. The van der Waals surface area contributed by atoms with E-state index in [4.69, 9.17) is 4.74 Å². The maximum atomic E-state index is 13.8. The SMILES string of the molecule is COc1ccc(-c2c(C=O)nnn2Cc2ccccc2F)cc1. The van der Waals surface area contributed by atoms with Gasteiger partial charge >= 0.3 is 0 Å². The fourth-order valence-electron chi connectivity index (χ4n) is 2.35. The van der Waals surface area contributed by atoms with Crippen LogP contribution in [0.3, 0.4) is 0 Å². The molecule has 0 saturated carbocycles. The topological polar surface area (TPSA) is 57.0 Å². The quantitative estimate of drug-likeness (QED) is 0.680. The zero-order valence-electron chi connectivity index (χ0n) is 12.4. The van der Waals surface area contributed by atoms with Crippen LogP contribution < -0.4 is 4.74 Å². The van der Waals surface area contributed by atoms with E-state index >= 15 is 0 Å². The molecule has 0 aliphatic rings. The van der Waals surface area contributed by atoms with Gasteiger partial charge in [0.25, 0.3) is 0 Å². The first-order valence-electron chi connectivity index (χ1n) is 6.99. The Kier molecular flexibility index (Phi) is 4.14. The van der Waals surface area contributed by atoms with Crippen molar-refractivity contribution in [1.29, 1.82) is 0 Å². The monoisotopic (exact) mass is 311 g/mol. The van der Waals surface area contributed by atoms with E-state index in [-0.39, 0.29) is 18.1 Å². The number of halogens is 1. The molecule has 0 fully saturated rings. The van der Waals surface area contributed by atoms with Crippen LogP contribution in [-0.4, -0.2) is 28.4 Å². The molecule has 23 heavy (non-hydrogen) atoms. The van der Waals surface area contributed by atoms with Gasteiger partial charge < -0.3 is 4.74 Å². The third-order valence-corrected chi connectivity index (χ3v) is 3.51. The van der Waals surface area contributed by atoms with Gasteiger partial charge in [0, 0.05) is 11.1 Å². The van der Waals surface area contributed by atoms with Crippen molar-refractivity contribution in [2.24, 2.45) is 0 Å². The molecule has 116 valence electrons. The minimum atomic E-state index is -0.323. The normalized spacial score (nSPS) is 10.5. The molecule has 0 amide bonds. The highest BCUT2D eigenvalue weighted by Crippen LogP contribution is 2.25.